The van der Waals surface area contributed by atoms with E-state index >= 15 is 0 Å². The van der Waals surface area contributed by atoms with Gasteiger partial charge in [0.05, 0.1) is 19.3 Å². The molecule has 0 saturated carbocycles. The van der Waals surface area contributed by atoms with Crippen molar-refractivity contribution in [3.8, 4) is 0 Å². The van der Waals surface area contributed by atoms with Gasteiger partial charge in [0.1, 0.15) is 0 Å². The summed E-state index contributed by atoms with van der Waals surface area (Å²) in [6, 6.07) is 0.0477. The molecular formula is C9H21NO3. The van der Waals surface area contributed by atoms with E-state index in [0.29, 0.717) is 19.1 Å². The van der Waals surface area contributed by atoms with Crippen molar-refractivity contribution >= 4 is 0 Å². The van der Waals surface area contributed by atoms with Crippen LogP contribution in [0.1, 0.15) is 13.8 Å². The van der Waals surface area contributed by atoms with Gasteiger partial charge in [-0.25, -0.2) is 0 Å². The number of hydrogen-bond acceptors (Lipinski definition) is 4. The molecular weight excluding hydrogens is 170 g/mol. The Labute approximate surface area is 79.9 Å². The average Bonchev–Trinajstić information content (AvgIpc) is 2.05. The van der Waals surface area contributed by atoms with E-state index in [1.165, 1.54) is 0 Å². The van der Waals surface area contributed by atoms with Crippen LogP contribution >= 0.6 is 0 Å². The number of aliphatic hydroxyl groups excluding tert-OH is 2. The maximum Gasteiger partial charge on any atom is 0.0897 e. The molecule has 13 heavy (non-hydrogen) atoms. The molecule has 0 rings (SSSR count). The normalized spacial score (nSPS) is 16.2. The largest absolute Gasteiger partial charge is 0.395 e. The molecule has 3 N–H and O–H groups in total. The molecule has 0 aromatic heterocycles. The van der Waals surface area contributed by atoms with Crippen molar-refractivity contribution < 1.29 is 14.9 Å². The van der Waals surface area contributed by atoms with E-state index < -0.39 is 6.10 Å². The first-order chi connectivity index (χ1) is 6.11. The number of nitrogens with one attached hydrogen (secondary N) is 1. The summed E-state index contributed by atoms with van der Waals surface area (Å²) in [5.41, 5.74) is 0. The van der Waals surface area contributed by atoms with Gasteiger partial charge >= 0.3 is 0 Å². The lowest BCUT2D eigenvalue weighted by molar-refractivity contribution is 0.0590. The molecule has 2 unspecified atom stereocenters. The Morgan fingerprint density at radius 2 is 2.00 bits per heavy atom. The zero-order chi connectivity index (χ0) is 10.3. The van der Waals surface area contributed by atoms with Crippen LogP contribution in [0.5, 0.6) is 0 Å². The van der Waals surface area contributed by atoms with Crippen LogP contribution in [-0.4, -0.2) is 49.2 Å². The molecule has 0 amide bonds. The Morgan fingerprint density at radius 1 is 1.38 bits per heavy atom. The van der Waals surface area contributed by atoms with Crippen LogP contribution in [0.4, 0.5) is 0 Å². The predicted molar refractivity (Wildman–Crippen MR) is 51.6 cm³/mol. The molecule has 0 aliphatic heterocycles. The number of ether oxygens (including phenoxy) is 1. The molecule has 0 fully saturated rings. The quantitative estimate of drug-likeness (QED) is 0.512. The standard InChI is InChI=1S/C9H21NO3/c1-7(2)9(5-11)10-4-8(12)6-13-3/h7-12H,4-6H2,1-3H3. The smallest absolute Gasteiger partial charge is 0.0897 e. The molecule has 0 aromatic rings. The van der Waals surface area contributed by atoms with E-state index in [0.717, 1.165) is 0 Å². The first kappa shape index (κ1) is 12.8. The van der Waals surface area contributed by atoms with Crippen molar-refractivity contribution in [3.63, 3.8) is 0 Å². The van der Waals surface area contributed by atoms with Gasteiger partial charge in [0.15, 0.2) is 0 Å². The fourth-order valence-corrected chi connectivity index (χ4v) is 1.05. The van der Waals surface area contributed by atoms with Crippen LogP contribution in [0.15, 0.2) is 0 Å². The summed E-state index contributed by atoms with van der Waals surface area (Å²) in [6.07, 6.45) is -0.502. The van der Waals surface area contributed by atoms with Crippen molar-refractivity contribution in [1.29, 1.82) is 0 Å². The molecule has 0 radical (unpaired) electrons. The third kappa shape index (κ3) is 5.99. The summed E-state index contributed by atoms with van der Waals surface area (Å²) in [4.78, 5) is 0. The topological polar surface area (TPSA) is 61.7 Å². The van der Waals surface area contributed by atoms with E-state index in [2.05, 4.69) is 5.32 Å². The van der Waals surface area contributed by atoms with Crippen LogP contribution < -0.4 is 5.32 Å². The van der Waals surface area contributed by atoms with Crippen molar-refractivity contribution in [3.05, 3.63) is 0 Å². The molecule has 0 spiro atoms. The minimum atomic E-state index is -0.502. The fourth-order valence-electron chi connectivity index (χ4n) is 1.05. The molecule has 4 nitrogen and oxygen atoms in total. The van der Waals surface area contributed by atoms with E-state index in [1.54, 1.807) is 7.11 Å². The van der Waals surface area contributed by atoms with Crippen molar-refractivity contribution in [2.24, 2.45) is 5.92 Å². The molecule has 4 heteroatoms. The highest BCUT2D eigenvalue weighted by atomic mass is 16.5. The lowest BCUT2D eigenvalue weighted by atomic mass is 10.1. The monoisotopic (exact) mass is 191 g/mol. The summed E-state index contributed by atoms with van der Waals surface area (Å²) < 4.78 is 4.78. The first-order valence-electron chi connectivity index (χ1n) is 4.63. The third-order valence-corrected chi connectivity index (χ3v) is 1.98. The molecule has 0 aliphatic rings. The number of methoxy groups -OCH3 is 1. The van der Waals surface area contributed by atoms with E-state index in [1.807, 2.05) is 13.8 Å². The maximum absolute atomic E-state index is 9.31. The van der Waals surface area contributed by atoms with E-state index in [4.69, 9.17) is 9.84 Å². The highest BCUT2D eigenvalue weighted by Gasteiger charge is 2.12. The van der Waals surface area contributed by atoms with Crippen molar-refractivity contribution in [2.75, 3.05) is 26.9 Å². The molecule has 0 bridgehead atoms. The summed E-state index contributed by atoms with van der Waals surface area (Å²) in [5.74, 6) is 0.361. The third-order valence-electron chi connectivity index (χ3n) is 1.98. The van der Waals surface area contributed by atoms with Gasteiger partial charge < -0.3 is 20.3 Å². The molecule has 0 aromatic carbocycles. The Morgan fingerprint density at radius 3 is 2.38 bits per heavy atom. The van der Waals surface area contributed by atoms with Crippen molar-refractivity contribution in [2.45, 2.75) is 26.0 Å². The lowest BCUT2D eigenvalue weighted by Crippen LogP contribution is -2.42. The number of rotatable bonds is 7. The Kier molecular flexibility index (Phi) is 7.17. The first-order valence-corrected chi connectivity index (χ1v) is 4.63. The summed E-state index contributed by atoms with van der Waals surface area (Å²) in [6.45, 7) is 4.92. The zero-order valence-electron chi connectivity index (χ0n) is 8.66. The van der Waals surface area contributed by atoms with Crippen LogP contribution in [-0.2, 0) is 4.74 Å². The van der Waals surface area contributed by atoms with Gasteiger partial charge in [-0.05, 0) is 5.92 Å². The Bertz CT molecular complexity index is 119. The van der Waals surface area contributed by atoms with E-state index in [9.17, 15) is 5.11 Å². The van der Waals surface area contributed by atoms with Gasteiger partial charge in [0.2, 0.25) is 0 Å². The SMILES string of the molecule is COCC(O)CNC(CO)C(C)C. The van der Waals surface area contributed by atoms with Crippen LogP contribution in [0.3, 0.4) is 0 Å². The Balaban J connectivity index is 3.59. The Hall–Kier alpha value is -0.160. The molecule has 0 saturated heterocycles. The van der Waals surface area contributed by atoms with Gasteiger partial charge in [0.25, 0.3) is 0 Å². The number of hydrogen-bond donors (Lipinski definition) is 3. The summed E-state index contributed by atoms with van der Waals surface area (Å²) in [7, 11) is 1.55. The molecule has 0 aliphatic carbocycles. The van der Waals surface area contributed by atoms with Crippen LogP contribution in [0.25, 0.3) is 0 Å². The van der Waals surface area contributed by atoms with E-state index in [-0.39, 0.29) is 12.6 Å². The molecule has 0 heterocycles. The van der Waals surface area contributed by atoms with Gasteiger partial charge in [0, 0.05) is 19.7 Å². The van der Waals surface area contributed by atoms with Crippen molar-refractivity contribution in [1.82, 2.24) is 5.32 Å². The highest BCUT2D eigenvalue weighted by Crippen LogP contribution is 1.99. The van der Waals surface area contributed by atoms with Gasteiger partial charge in [-0.1, -0.05) is 13.8 Å². The maximum atomic E-state index is 9.31. The van der Waals surface area contributed by atoms with Crippen LogP contribution in [0, 0.1) is 5.92 Å². The van der Waals surface area contributed by atoms with Gasteiger partial charge in [-0.15, -0.1) is 0 Å². The average molecular weight is 191 g/mol. The van der Waals surface area contributed by atoms with Crippen LogP contribution in [0.2, 0.25) is 0 Å². The molecule has 2 atom stereocenters. The zero-order valence-corrected chi connectivity index (χ0v) is 8.66. The summed E-state index contributed by atoms with van der Waals surface area (Å²) >= 11 is 0. The molecule has 80 valence electrons. The fraction of sp³-hybridized carbons (Fsp3) is 1.00. The second-order valence-corrected chi connectivity index (χ2v) is 3.55. The summed E-state index contributed by atoms with van der Waals surface area (Å²) in [5, 5.41) is 21.3. The minimum absolute atomic E-state index is 0.0477. The van der Waals surface area contributed by atoms with Gasteiger partial charge in [-0.2, -0.15) is 0 Å². The lowest BCUT2D eigenvalue weighted by Gasteiger charge is -2.21. The second kappa shape index (κ2) is 7.26. The predicted octanol–water partition coefficient (Wildman–Crippen LogP) is -0.400. The highest BCUT2D eigenvalue weighted by molar-refractivity contribution is 4.71. The minimum Gasteiger partial charge on any atom is -0.395 e. The second-order valence-electron chi connectivity index (χ2n) is 3.55. The van der Waals surface area contributed by atoms with Gasteiger partial charge in [-0.3, -0.25) is 0 Å². The number of aliphatic hydroxyl groups is 2.